The first-order chi connectivity index (χ1) is 19.8. The maximum Gasteiger partial charge on any atom is 0.244 e. The molecule has 0 saturated carbocycles. The van der Waals surface area contributed by atoms with Gasteiger partial charge in [0.2, 0.25) is 5.91 Å². The Morgan fingerprint density at radius 2 is 1.85 bits per heavy atom. The minimum absolute atomic E-state index is 0.202. The van der Waals surface area contributed by atoms with E-state index in [2.05, 4.69) is 26.2 Å². The van der Waals surface area contributed by atoms with Crippen molar-refractivity contribution in [1.29, 1.82) is 5.26 Å². The minimum atomic E-state index is -1.05. The molecular weight excluding hydrogens is 523 g/mol. The number of fused-ring (bicyclic) bond motifs is 1. The van der Waals surface area contributed by atoms with Crippen LogP contribution in [-0.4, -0.2) is 66.3 Å². The predicted octanol–water partition coefficient (Wildman–Crippen LogP) is 2.86. The molecule has 6 rings (SSSR count). The molecule has 1 fully saturated rings. The van der Waals surface area contributed by atoms with E-state index in [1.54, 1.807) is 51.7 Å². The highest BCUT2D eigenvalue weighted by Gasteiger charge is 2.28. The van der Waals surface area contributed by atoms with Crippen LogP contribution in [0.4, 0.5) is 10.2 Å². The highest BCUT2D eigenvalue weighted by molar-refractivity contribution is 5.84. The Hall–Kier alpha value is -5.15. The molecule has 5 heterocycles. The van der Waals surface area contributed by atoms with Crippen LogP contribution in [0.15, 0.2) is 61.3 Å². The Labute approximate surface area is 235 Å². The number of halogens is 1. The first kappa shape index (κ1) is 26.1. The van der Waals surface area contributed by atoms with E-state index in [9.17, 15) is 14.4 Å². The molecule has 0 bridgehead atoms. The van der Waals surface area contributed by atoms with Gasteiger partial charge in [-0.1, -0.05) is 12.1 Å². The molecule has 1 saturated heterocycles. The number of benzene rings is 1. The summed E-state index contributed by atoms with van der Waals surface area (Å²) in [5.41, 5.74) is 11.0. The van der Waals surface area contributed by atoms with Gasteiger partial charge in [0.25, 0.3) is 0 Å². The first-order valence-electron chi connectivity index (χ1n) is 13.1. The van der Waals surface area contributed by atoms with Crippen molar-refractivity contribution in [2.24, 2.45) is 12.8 Å². The molecule has 1 unspecified atom stereocenters. The van der Waals surface area contributed by atoms with Gasteiger partial charge in [0.15, 0.2) is 0 Å². The summed E-state index contributed by atoms with van der Waals surface area (Å²) in [7, 11) is 1.83. The summed E-state index contributed by atoms with van der Waals surface area (Å²) in [6.45, 7) is 3.79. The SMILES string of the molecule is Cc1ccc(C(N)C(=O)N2CCN(c3ccc(-c4nc(-c5cnn(C)c5)cn5ncc(C#N)c45)cn3)CC2)c(F)c1. The second-order valence-corrected chi connectivity index (χ2v) is 10.1. The van der Waals surface area contributed by atoms with Crippen LogP contribution in [0.25, 0.3) is 28.0 Å². The smallest absolute Gasteiger partial charge is 0.244 e. The molecule has 11 nitrogen and oxygen atoms in total. The molecule has 1 amide bonds. The van der Waals surface area contributed by atoms with Crippen LogP contribution in [0.1, 0.15) is 22.7 Å². The third-order valence-electron chi connectivity index (χ3n) is 7.31. The molecule has 0 aliphatic carbocycles. The van der Waals surface area contributed by atoms with Crippen molar-refractivity contribution in [2.75, 3.05) is 31.1 Å². The fourth-order valence-electron chi connectivity index (χ4n) is 5.07. The molecule has 4 aromatic heterocycles. The van der Waals surface area contributed by atoms with E-state index in [0.717, 1.165) is 22.5 Å². The van der Waals surface area contributed by atoms with Crippen molar-refractivity contribution in [1.82, 2.24) is 34.3 Å². The van der Waals surface area contributed by atoms with Crippen LogP contribution >= 0.6 is 0 Å². The summed E-state index contributed by atoms with van der Waals surface area (Å²) in [6.07, 6.45) is 8.62. The summed E-state index contributed by atoms with van der Waals surface area (Å²) in [5, 5.41) is 18.3. The Morgan fingerprint density at radius 1 is 1.05 bits per heavy atom. The standard InChI is InChI=1S/C29H27FN10O/c1-18-3-5-22(23(30)11-18)26(32)29(41)39-9-7-38(8-10-39)25-6-4-19(13-33-25)27-28-20(12-31)14-35-40(28)17-24(36-27)21-15-34-37(2)16-21/h3-6,11,13-17,26H,7-10,32H2,1-2H3. The number of aryl methyl sites for hydroxylation is 2. The number of hydrogen-bond acceptors (Lipinski definition) is 8. The van der Waals surface area contributed by atoms with Crippen molar-refractivity contribution in [3.05, 3.63) is 83.8 Å². The highest BCUT2D eigenvalue weighted by Crippen LogP contribution is 2.29. The largest absolute Gasteiger partial charge is 0.353 e. The van der Waals surface area contributed by atoms with Gasteiger partial charge in [0.1, 0.15) is 34.8 Å². The predicted molar refractivity (Wildman–Crippen MR) is 150 cm³/mol. The number of nitrogens with zero attached hydrogens (tertiary/aromatic N) is 9. The molecule has 206 valence electrons. The van der Waals surface area contributed by atoms with Gasteiger partial charge in [-0.25, -0.2) is 18.9 Å². The van der Waals surface area contributed by atoms with Crippen molar-refractivity contribution in [3.8, 4) is 28.6 Å². The zero-order valence-corrected chi connectivity index (χ0v) is 22.6. The number of piperazine rings is 1. The number of carbonyl (C=O) groups is 1. The fourth-order valence-corrected chi connectivity index (χ4v) is 5.07. The number of pyridine rings is 1. The lowest BCUT2D eigenvalue weighted by Crippen LogP contribution is -2.51. The quantitative estimate of drug-likeness (QED) is 0.353. The van der Waals surface area contributed by atoms with Gasteiger partial charge >= 0.3 is 0 Å². The Morgan fingerprint density at radius 3 is 2.51 bits per heavy atom. The zero-order chi connectivity index (χ0) is 28.7. The molecule has 1 atom stereocenters. The van der Waals surface area contributed by atoms with Crippen LogP contribution in [0.3, 0.4) is 0 Å². The second-order valence-electron chi connectivity index (χ2n) is 10.1. The average Bonchev–Trinajstić information content (AvgIpc) is 3.62. The van der Waals surface area contributed by atoms with Crippen LogP contribution in [-0.2, 0) is 11.8 Å². The minimum Gasteiger partial charge on any atom is -0.353 e. The van der Waals surface area contributed by atoms with Crippen molar-refractivity contribution >= 4 is 17.2 Å². The fraction of sp³-hybridized carbons (Fsp3) is 0.241. The van der Waals surface area contributed by atoms with E-state index >= 15 is 0 Å². The molecule has 1 aliphatic heterocycles. The third kappa shape index (κ3) is 4.87. The number of nitrogens with two attached hydrogens (primary N) is 1. The molecule has 0 spiro atoms. The maximum absolute atomic E-state index is 14.4. The molecular formula is C29H27FN10O. The Balaban J connectivity index is 1.20. The molecule has 5 aromatic rings. The third-order valence-corrected chi connectivity index (χ3v) is 7.31. The lowest BCUT2D eigenvalue weighted by atomic mass is 10.0. The lowest BCUT2D eigenvalue weighted by molar-refractivity contribution is -0.133. The number of nitriles is 1. The number of aromatic nitrogens is 6. The summed E-state index contributed by atoms with van der Waals surface area (Å²) < 4.78 is 17.7. The summed E-state index contributed by atoms with van der Waals surface area (Å²) in [4.78, 5) is 26.3. The van der Waals surface area contributed by atoms with Crippen LogP contribution in [0.2, 0.25) is 0 Å². The summed E-state index contributed by atoms with van der Waals surface area (Å²) in [5.74, 6) is -0.0130. The van der Waals surface area contributed by atoms with Crippen molar-refractivity contribution < 1.29 is 9.18 Å². The maximum atomic E-state index is 14.4. The van der Waals surface area contributed by atoms with E-state index in [0.29, 0.717) is 48.6 Å². The zero-order valence-electron chi connectivity index (χ0n) is 22.6. The summed E-state index contributed by atoms with van der Waals surface area (Å²) >= 11 is 0. The molecule has 1 aromatic carbocycles. The summed E-state index contributed by atoms with van der Waals surface area (Å²) in [6, 6.07) is 9.68. The second kappa shape index (κ2) is 10.4. The highest BCUT2D eigenvalue weighted by atomic mass is 19.1. The van der Waals surface area contributed by atoms with Gasteiger partial charge in [-0.2, -0.15) is 15.5 Å². The molecule has 12 heteroatoms. The van der Waals surface area contributed by atoms with E-state index < -0.39 is 11.9 Å². The van der Waals surface area contributed by atoms with Gasteiger partial charge < -0.3 is 15.5 Å². The van der Waals surface area contributed by atoms with Gasteiger partial charge in [0.05, 0.1) is 30.0 Å². The number of rotatable bonds is 5. The Bertz CT molecular complexity index is 1790. The Kier molecular flexibility index (Phi) is 6.64. The van der Waals surface area contributed by atoms with Gasteiger partial charge in [-0.3, -0.25) is 9.48 Å². The van der Waals surface area contributed by atoms with Gasteiger partial charge in [-0.15, -0.1) is 0 Å². The van der Waals surface area contributed by atoms with Crippen LogP contribution in [0, 0.1) is 24.1 Å². The normalized spacial score (nSPS) is 14.3. The topological polar surface area (TPSA) is 134 Å². The monoisotopic (exact) mass is 550 g/mol. The van der Waals surface area contributed by atoms with E-state index in [-0.39, 0.29) is 11.5 Å². The van der Waals surface area contributed by atoms with Crippen molar-refractivity contribution in [3.63, 3.8) is 0 Å². The number of carbonyl (C=O) groups excluding carboxylic acids is 1. The van der Waals surface area contributed by atoms with Gasteiger partial charge in [-0.05, 0) is 30.7 Å². The van der Waals surface area contributed by atoms with E-state index in [1.807, 2.05) is 25.4 Å². The molecule has 1 aliphatic rings. The van der Waals surface area contributed by atoms with E-state index in [4.69, 9.17) is 10.7 Å². The molecule has 0 radical (unpaired) electrons. The van der Waals surface area contributed by atoms with Crippen LogP contribution < -0.4 is 10.6 Å². The lowest BCUT2D eigenvalue weighted by Gasteiger charge is -2.36. The van der Waals surface area contributed by atoms with Crippen molar-refractivity contribution in [2.45, 2.75) is 13.0 Å². The van der Waals surface area contributed by atoms with E-state index in [1.165, 1.54) is 12.3 Å². The van der Waals surface area contributed by atoms with Crippen LogP contribution in [0.5, 0.6) is 0 Å². The molecule has 2 N–H and O–H groups in total. The molecule has 41 heavy (non-hydrogen) atoms. The number of amides is 1. The van der Waals surface area contributed by atoms with Gasteiger partial charge in [0, 0.05) is 62.3 Å². The number of anilines is 1. The number of hydrogen-bond donors (Lipinski definition) is 1. The average molecular weight is 551 g/mol. The first-order valence-corrected chi connectivity index (χ1v) is 13.1.